The van der Waals surface area contributed by atoms with Crippen LogP contribution in [0, 0.1) is 0 Å². The van der Waals surface area contributed by atoms with Crippen LogP contribution in [0.4, 0.5) is 0 Å². The van der Waals surface area contributed by atoms with Crippen molar-refractivity contribution in [3.05, 3.63) is 0 Å². The monoisotopic (exact) mass is 278 g/mol. The summed E-state index contributed by atoms with van der Waals surface area (Å²) in [5.74, 6) is -2.72. The molecule has 1 saturated heterocycles. The molecule has 0 bridgehead atoms. The van der Waals surface area contributed by atoms with E-state index in [0.717, 1.165) is 7.11 Å². The Balaban J connectivity index is 3.35. The van der Waals surface area contributed by atoms with Gasteiger partial charge in [0, 0.05) is 13.5 Å². The van der Waals surface area contributed by atoms with Crippen LogP contribution in [0.3, 0.4) is 0 Å². The minimum absolute atomic E-state index is 0.328. The van der Waals surface area contributed by atoms with Crippen molar-refractivity contribution < 1.29 is 34.3 Å². The molecule has 1 rings (SSSR count). The van der Waals surface area contributed by atoms with Crippen molar-refractivity contribution >= 4 is 5.97 Å². The number of esters is 1. The number of hydrogen-bond acceptors (Lipinski definition) is 7. The third kappa shape index (κ3) is 2.15. The molecule has 3 N–H and O–H groups in total. The first kappa shape index (κ1) is 16.3. The van der Waals surface area contributed by atoms with Crippen LogP contribution in [-0.4, -0.2) is 64.7 Å². The van der Waals surface area contributed by atoms with Gasteiger partial charge in [-0.05, 0) is 20.8 Å². The average Bonchev–Trinajstić information content (AvgIpc) is 2.34. The number of methoxy groups -OCH3 is 2. The standard InChI is InChI=1S/C12H22O7/c1-9(15)6-12(18-5,8(14)17-4)19-10(2,7-13)11(9,3)16/h13,15-16H,6-7H2,1-5H3/t9-,10-,11+,12-/m1/s1. The molecule has 0 saturated carbocycles. The fourth-order valence-electron chi connectivity index (χ4n) is 2.35. The van der Waals surface area contributed by atoms with Crippen molar-refractivity contribution in [3.63, 3.8) is 0 Å². The van der Waals surface area contributed by atoms with E-state index in [-0.39, 0.29) is 6.42 Å². The zero-order valence-electron chi connectivity index (χ0n) is 11.9. The predicted octanol–water partition coefficient (Wildman–Crippen LogP) is -0.825. The molecule has 0 radical (unpaired) electrons. The first-order chi connectivity index (χ1) is 8.52. The highest BCUT2D eigenvalue weighted by molar-refractivity contribution is 5.78. The van der Waals surface area contributed by atoms with E-state index in [1.165, 1.54) is 27.9 Å². The summed E-state index contributed by atoms with van der Waals surface area (Å²) in [6.45, 7) is 3.45. The Morgan fingerprint density at radius 3 is 2.16 bits per heavy atom. The van der Waals surface area contributed by atoms with Gasteiger partial charge in [0.2, 0.25) is 0 Å². The van der Waals surface area contributed by atoms with E-state index in [0.29, 0.717) is 0 Å². The fraction of sp³-hybridized carbons (Fsp3) is 0.917. The Bertz CT molecular complexity index is 365. The first-order valence-corrected chi connectivity index (χ1v) is 5.91. The van der Waals surface area contributed by atoms with Gasteiger partial charge in [0.05, 0.1) is 19.3 Å². The van der Waals surface area contributed by atoms with E-state index in [2.05, 4.69) is 4.74 Å². The summed E-state index contributed by atoms with van der Waals surface area (Å²) < 4.78 is 15.2. The van der Waals surface area contributed by atoms with Crippen molar-refractivity contribution in [3.8, 4) is 0 Å². The third-order valence-corrected chi connectivity index (χ3v) is 4.17. The van der Waals surface area contributed by atoms with Crippen molar-refractivity contribution in [2.75, 3.05) is 20.8 Å². The molecule has 0 aromatic rings. The second-order valence-electron chi connectivity index (χ2n) is 5.46. The Morgan fingerprint density at radius 2 is 1.79 bits per heavy atom. The number of aliphatic hydroxyl groups excluding tert-OH is 1. The van der Waals surface area contributed by atoms with Crippen molar-refractivity contribution in [1.82, 2.24) is 0 Å². The van der Waals surface area contributed by atoms with Gasteiger partial charge in [-0.3, -0.25) is 0 Å². The van der Waals surface area contributed by atoms with Gasteiger partial charge in [-0.2, -0.15) is 0 Å². The number of rotatable bonds is 3. The largest absolute Gasteiger partial charge is 0.465 e. The number of carbonyl (C=O) groups excluding carboxylic acids is 1. The summed E-state index contributed by atoms with van der Waals surface area (Å²) in [7, 11) is 2.38. The van der Waals surface area contributed by atoms with E-state index in [1.807, 2.05) is 0 Å². The van der Waals surface area contributed by atoms with E-state index < -0.39 is 35.2 Å². The summed E-state index contributed by atoms with van der Waals surface area (Å²) in [4.78, 5) is 11.9. The second kappa shape index (κ2) is 4.68. The van der Waals surface area contributed by atoms with E-state index in [9.17, 15) is 20.1 Å². The van der Waals surface area contributed by atoms with Crippen LogP contribution in [0.1, 0.15) is 27.2 Å². The average molecular weight is 278 g/mol. The Labute approximate surface area is 112 Å². The normalized spacial score (nSPS) is 46.9. The van der Waals surface area contributed by atoms with Crippen molar-refractivity contribution in [2.45, 2.75) is 49.8 Å². The van der Waals surface area contributed by atoms with E-state index in [4.69, 9.17) is 9.47 Å². The maximum atomic E-state index is 11.9. The van der Waals surface area contributed by atoms with Crippen molar-refractivity contribution in [2.24, 2.45) is 0 Å². The smallest absolute Gasteiger partial charge is 0.366 e. The number of aliphatic hydroxyl groups is 3. The first-order valence-electron chi connectivity index (χ1n) is 5.91. The van der Waals surface area contributed by atoms with Crippen LogP contribution >= 0.6 is 0 Å². The SMILES string of the molecule is COC(=O)[C@@]1(OC)C[C@@](C)(O)[C@](C)(O)[C@@](C)(CO)O1. The topological polar surface area (TPSA) is 105 Å². The molecule has 0 aromatic carbocycles. The molecule has 0 amide bonds. The number of hydrogen-bond donors (Lipinski definition) is 3. The van der Waals surface area contributed by atoms with Crippen LogP contribution in [0.25, 0.3) is 0 Å². The molecule has 19 heavy (non-hydrogen) atoms. The maximum Gasteiger partial charge on any atom is 0.366 e. The Kier molecular flexibility index (Phi) is 4.02. The zero-order valence-corrected chi connectivity index (χ0v) is 11.9. The quantitative estimate of drug-likeness (QED) is 0.579. The van der Waals surface area contributed by atoms with E-state index >= 15 is 0 Å². The lowest BCUT2D eigenvalue weighted by Crippen LogP contribution is -2.75. The summed E-state index contributed by atoms with van der Waals surface area (Å²) >= 11 is 0. The molecule has 112 valence electrons. The van der Waals surface area contributed by atoms with Crippen molar-refractivity contribution in [1.29, 1.82) is 0 Å². The van der Waals surface area contributed by atoms with E-state index in [1.54, 1.807) is 0 Å². The number of carbonyl (C=O) groups is 1. The molecule has 7 heteroatoms. The van der Waals surface area contributed by atoms with Gasteiger partial charge in [0.1, 0.15) is 11.2 Å². The molecular formula is C12H22O7. The summed E-state index contributed by atoms with van der Waals surface area (Å²) in [5, 5.41) is 30.4. The van der Waals surface area contributed by atoms with Gasteiger partial charge in [0.15, 0.2) is 0 Å². The van der Waals surface area contributed by atoms with Crippen LogP contribution < -0.4 is 0 Å². The summed E-state index contributed by atoms with van der Waals surface area (Å²) in [5.41, 5.74) is -5.11. The lowest BCUT2D eigenvalue weighted by molar-refractivity contribution is -0.383. The molecule has 1 aliphatic heterocycles. The molecule has 0 spiro atoms. The molecule has 0 aliphatic carbocycles. The maximum absolute atomic E-state index is 11.9. The molecule has 7 nitrogen and oxygen atoms in total. The van der Waals surface area contributed by atoms with Gasteiger partial charge in [-0.15, -0.1) is 0 Å². The van der Waals surface area contributed by atoms with Gasteiger partial charge in [-0.1, -0.05) is 0 Å². The van der Waals surface area contributed by atoms with Crippen LogP contribution in [0.5, 0.6) is 0 Å². The molecular weight excluding hydrogens is 256 g/mol. The number of ether oxygens (including phenoxy) is 3. The van der Waals surface area contributed by atoms with Gasteiger partial charge in [-0.25, -0.2) is 4.79 Å². The minimum Gasteiger partial charge on any atom is -0.465 e. The molecule has 1 heterocycles. The zero-order chi connectivity index (χ0) is 15.1. The Morgan fingerprint density at radius 1 is 1.26 bits per heavy atom. The molecule has 1 aliphatic rings. The van der Waals surface area contributed by atoms with Crippen LogP contribution in [-0.2, 0) is 19.0 Å². The summed E-state index contributed by atoms with van der Waals surface area (Å²) in [6, 6.07) is 0. The predicted molar refractivity (Wildman–Crippen MR) is 64.2 cm³/mol. The van der Waals surface area contributed by atoms with Gasteiger partial charge < -0.3 is 29.5 Å². The fourth-order valence-corrected chi connectivity index (χ4v) is 2.35. The molecule has 0 unspecified atom stereocenters. The molecule has 0 aromatic heterocycles. The molecule has 4 atom stereocenters. The highest BCUT2D eigenvalue weighted by Gasteiger charge is 2.67. The highest BCUT2D eigenvalue weighted by atomic mass is 16.7. The Hall–Kier alpha value is -0.730. The lowest BCUT2D eigenvalue weighted by Gasteiger charge is -2.57. The van der Waals surface area contributed by atoms with Gasteiger partial charge >= 0.3 is 5.97 Å². The highest BCUT2D eigenvalue weighted by Crippen LogP contribution is 2.48. The second-order valence-corrected chi connectivity index (χ2v) is 5.46. The van der Waals surface area contributed by atoms with Crippen LogP contribution in [0.15, 0.2) is 0 Å². The van der Waals surface area contributed by atoms with Gasteiger partial charge in [0.25, 0.3) is 5.79 Å². The minimum atomic E-state index is -1.88. The molecule has 1 fully saturated rings. The third-order valence-electron chi connectivity index (χ3n) is 4.17. The summed E-state index contributed by atoms with van der Waals surface area (Å²) in [6.07, 6.45) is -0.328. The lowest BCUT2D eigenvalue weighted by atomic mass is 9.68. The van der Waals surface area contributed by atoms with Crippen LogP contribution in [0.2, 0.25) is 0 Å².